The van der Waals surface area contributed by atoms with Gasteiger partial charge in [0.05, 0.1) is 16.4 Å². The van der Waals surface area contributed by atoms with Crippen LogP contribution in [0.1, 0.15) is 19.5 Å². The number of anilines is 1. The number of imidazole rings is 1. The van der Waals surface area contributed by atoms with Crippen LogP contribution in [-0.4, -0.2) is 15.6 Å². The fraction of sp³-hybridized carbons (Fsp3) is 0.308. The topological polar surface area (TPSA) is 29.9 Å². The van der Waals surface area contributed by atoms with E-state index < -0.39 is 0 Å². The van der Waals surface area contributed by atoms with Crippen molar-refractivity contribution in [2.75, 3.05) is 5.32 Å². The van der Waals surface area contributed by atoms with Crippen LogP contribution in [-0.2, 0) is 0 Å². The highest BCUT2D eigenvalue weighted by molar-refractivity contribution is 9.10. The van der Waals surface area contributed by atoms with Gasteiger partial charge in [0.2, 0.25) is 5.95 Å². The highest BCUT2D eigenvalue weighted by atomic mass is 79.9. The summed E-state index contributed by atoms with van der Waals surface area (Å²) in [6.07, 6.45) is 1.86. The molecule has 0 aliphatic rings. The van der Waals surface area contributed by atoms with Crippen molar-refractivity contribution >= 4 is 33.5 Å². The molecule has 3 nitrogen and oxygen atoms in total. The van der Waals surface area contributed by atoms with Gasteiger partial charge in [0.15, 0.2) is 0 Å². The van der Waals surface area contributed by atoms with E-state index in [1.807, 2.05) is 31.5 Å². The minimum Gasteiger partial charge on any atom is -0.353 e. The zero-order valence-corrected chi connectivity index (χ0v) is 13.2. The Balaban J connectivity index is 2.59. The minimum absolute atomic E-state index is 0.235. The standard InChI is InChI=1S/C13H14BrClFN3/c1-7(2)17-13-18-8(3)6-19(13)12-10(14)4-9(16)5-11(12)15/h4-7H,1-3H3,(H,17,18). The predicted molar refractivity (Wildman–Crippen MR) is 79.7 cm³/mol. The summed E-state index contributed by atoms with van der Waals surface area (Å²) in [7, 11) is 0. The number of aryl methyl sites for hydroxylation is 1. The monoisotopic (exact) mass is 345 g/mol. The van der Waals surface area contributed by atoms with Crippen molar-refractivity contribution in [1.82, 2.24) is 9.55 Å². The predicted octanol–water partition coefficient (Wildman–Crippen LogP) is 4.56. The Morgan fingerprint density at radius 3 is 2.68 bits per heavy atom. The van der Waals surface area contributed by atoms with Gasteiger partial charge in [-0.25, -0.2) is 9.37 Å². The lowest BCUT2D eigenvalue weighted by atomic mass is 10.3. The van der Waals surface area contributed by atoms with Crippen LogP contribution in [0.4, 0.5) is 10.3 Å². The van der Waals surface area contributed by atoms with Gasteiger partial charge >= 0.3 is 0 Å². The highest BCUT2D eigenvalue weighted by Gasteiger charge is 2.15. The zero-order valence-electron chi connectivity index (χ0n) is 10.8. The number of halogens is 3. The van der Waals surface area contributed by atoms with Gasteiger partial charge in [-0.15, -0.1) is 0 Å². The third kappa shape index (κ3) is 3.09. The number of hydrogen-bond acceptors (Lipinski definition) is 2. The first-order valence-electron chi connectivity index (χ1n) is 5.86. The lowest BCUT2D eigenvalue weighted by Gasteiger charge is -2.14. The molecule has 0 unspecified atom stereocenters. The third-order valence-electron chi connectivity index (χ3n) is 2.47. The van der Waals surface area contributed by atoms with Crippen LogP contribution in [0.15, 0.2) is 22.8 Å². The van der Waals surface area contributed by atoms with Gasteiger partial charge in [0.1, 0.15) is 5.82 Å². The smallest absolute Gasteiger partial charge is 0.208 e. The molecule has 2 rings (SSSR count). The van der Waals surface area contributed by atoms with Crippen LogP contribution in [0.3, 0.4) is 0 Å². The summed E-state index contributed by atoms with van der Waals surface area (Å²) in [6.45, 7) is 5.94. The van der Waals surface area contributed by atoms with Crippen molar-refractivity contribution in [3.63, 3.8) is 0 Å². The molecule has 0 aliphatic heterocycles. The molecule has 0 bridgehead atoms. The van der Waals surface area contributed by atoms with E-state index in [0.29, 0.717) is 21.1 Å². The van der Waals surface area contributed by atoms with E-state index in [4.69, 9.17) is 11.6 Å². The molecule has 0 radical (unpaired) electrons. The number of rotatable bonds is 3. The molecule has 1 aromatic carbocycles. The summed E-state index contributed by atoms with van der Waals surface area (Å²) < 4.78 is 15.7. The Morgan fingerprint density at radius 2 is 2.11 bits per heavy atom. The number of hydrogen-bond donors (Lipinski definition) is 1. The normalized spacial score (nSPS) is 11.1. The van der Waals surface area contributed by atoms with E-state index in [1.165, 1.54) is 12.1 Å². The molecular formula is C13H14BrClFN3. The molecule has 0 fully saturated rings. The van der Waals surface area contributed by atoms with Gasteiger partial charge < -0.3 is 5.32 Å². The Kier molecular flexibility index (Phi) is 4.16. The Labute approximate surface area is 124 Å². The lowest BCUT2D eigenvalue weighted by molar-refractivity contribution is 0.626. The van der Waals surface area contributed by atoms with E-state index in [0.717, 1.165) is 5.69 Å². The molecule has 102 valence electrons. The van der Waals surface area contributed by atoms with E-state index in [1.54, 1.807) is 0 Å². The molecule has 1 aromatic heterocycles. The molecule has 2 aromatic rings. The summed E-state index contributed by atoms with van der Waals surface area (Å²) in [5, 5.41) is 3.57. The first kappa shape index (κ1) is 14.3. The largest absolute Gasteiger partial charge is 0.353 e. The van der Waals surface area contributed by atoms with Crippen molar-refractivity contribution in [1.29, 1.82) is 0 Å². The molecule has 1 N–H and O–H groups in total. The maximum Gasteiger partial charge on any atom is 0.208 e. The van der Waals surface area contributed by atoms with Crippen LogP contribution in [0.25, 0.3) is 5.69 Å². The van der Waals surface area contributed by atoms with Gasteiger partial charge in [-0.2, -0.15) is 0 Å². The van der Waals surface area contributed by atoms with Crippen LogP contribution in [0, 0.1) is 12.7 Å². The van der Waals surface area contributed by atoms with Crippen molar-refractivity contribution in [3.05, 3.63) is 39.3 Å². The van der Waals surface area contributed by atoms with Crippen LogP contribution in [0.2, 0.25) is 5.02 Å². The molecule has 19 heavy (non-hydrogen) atoms. The number of nitrogens with zero attached hydrogens (tertiary/aromatic N) is 2. The van der Waals surface area contributed by atoms with Crippen LogP contribution < -0.4 is 5.32 Å². The fourth-order valence-corrected chi connectivity index (χ4v) is 2.83. The molecule has 1 heterocycles. The van der Waals surface area contributed by atoms with Gasteiger partial charge in [0.25, 0.3) is 0 Å². The molecule has 0 aliphatic carbocycles. The number of aromatic nitrogens is 2. The van der Waals surface area contributed by atoms with E-state index >= 15 is 0 Å². The quantitative estimate of drug-likeness (QED) is 0.883. The molecular weight excluding hydrogens is 333 g/mol. The maximum atomic E-state index is 13.3. The summed E-state index contributed by atoms with van der Waals surface area (Å²) >= 11 is 9.48. The van der Waals surface area contributed by atoms with Gasteiger partial charge in [0, 0.05) is 16.7 Å². The third-order valence-corrected chi connectivity index (χ3v) is 3.36. The highest BCUT2D eigenvalue weighted by Crippen LogP contribution is 2.32. The average molecular weight is 347 g/mol. The molecule has 0 amide bonds. The minimum atomic E-state index is -0.379. The van der Waals surface area contributed by atoms with Crippen molar-refractivity contribution in [3.8, 4) is 5.69 Å². The molecule has 6 heteroatoms. The van der Waals surface area contributed by atoms with Crippen molar-refractivity contribution in [2.45, 2.75) is 26.8 Å². The average Bonchev–Trinajstić information content (AvgIpc) is 2.56. The summed E-state index contributed by atoms with van der Waals surface area (Å²) in [5.41, 5.74) is 1.53. The Bertz CT molecular complexity index is 587. The first-order valence-corrected chi connectivity index (χ1v) is 7.03. The molecule has 0 saturated heterocycles. The Morgan fingerprint density at radius 1 is 1.42 bits per heavy atom. The second kappa shape index (κ2) is 5.51. The number of benzene rings is 1. The number of nitrogens with one attached hydrogen (secondary N) is 1. The second-order valence-corrected chi connectivity index (χ2v) is 5.85. The molecule has 0 spiro atoms. The van der Waals surface area contributed by atoms with E-state index in [9.17, 15) is 4.39 Å². The van der Waals surface area contributed by atoms with Crippen LogP contribution >= 0.6 is 27.5 Å². The Hall–Kier alpha value is -1.07. The second-order valence-electron chi connectivity index (χ2n) is 4.59. The maximum absolute atomic E-state index is 13.3. The zero-order chi connectivity index (χ0) is 14.2. The first-order chi connectivity index (χ1) is 8.88. The molecule has 0 atom stereocenters. The summed E-state index contributed by atoms with van der Waals surface area (Å²) in [6, 6.07) is 2.91. The SMILES string of the molecule is Cc1cn(-c2c(Cl)cc(F)cc2Br)c(NC(C)C)n1. The van der Waals surface area contributed by atoms with Gasteiger partial charge in [-0.1, -0.05) is 11.6 Å². The summed E-state index contributed by atoms with van der Waals surface area (Å²) in [4.78, 5) is 4.41. The summed E-state index contributed by atoms with van der Waals surface area (Å²) in [5.74, 6) is 0.303. The van der Waals surface area contributed by atoms with E-state index in [-0.39, 0.29) is 11.9 Å². The fourth-order valence-electron chi connectivity index (χ4n) is 1.79. The van der Waals surface area contributed by atoms with Gasteiger partial charge in [-0.3, -0.25) is 4.57 Å². The van der Waals surface area contributed by atoms with Crippen LogP contribution in [0.5, 0.6) is 0 Å². The molecule has 0 saturated carbocycles. The van der Waals surface area contributed by atoms with Crippen molar-refractivity contribution < 1.29 is 4.39 Å². The lowest BCUT2D eigenvalue weighted by Crippen LogP contribution is -2.14. The van der Waals surface area contributed by atoms with Gasteiger partial charge in [-0.05, 0) is 48.8 Å². The van der Waals surface area contributed by atoms with Crippen molar-refractivity contribution in [2.24, 2.45) is 0 Å². The van der Waals surface area contributed by atoms with E-state index in [2.05, 4.69) is 26.2 Å².